The highest BCUT2D eigenvalue weighted by molar-refractivity contribution is 6.31. The minimum atomic E-state index is -0.0377. The molecule has 1 saturated carbocycles. The van der Waals surface area contributed by atoms with E-state index in [1.807, 2.05) is 19.1 Å². The van der Waals surface area contributed by atoms with Crippen LogP contribution in [-0.4, -0.2) is 11.9 Å². The van der Waals surface area contributed by atoms with Gasteiger partial charge in [0.15, 0.2) is 0 Å². The minimum absolute atomic E-state index is 0.00378. The van der Waals surface area contributed by atoms with Crippen LogP contribution in [-0.2, 0) is 4.79 Å². The SMILES string of the molecule is Cc1ccc(NC(=O)CC(N)C2CC2)cc1Cl. The number of rotatable bonds is 4. The first kappa shape index (κ1) is 12.4. The predicted molar refractivity (Wildman–Crippen MR) is 70.1 cm³/mol. The van der Waals surface area contributed by atoms with E-state index in [1.165, 1.54) is 0 Å². The molecule has 0 aliphatic heterocycles. The molecule has 1 fully saturated rings. The molecule has 1 aromatic carbocycles. The summed E-state index contributed by atoms with van der Waals surface area (Å²) in [6.07, 6.45) is 2.70. The average Bonchev–Trinajstić information content (AvgIpc) is 3.06. The largest absolute Gasteiger partial charge is 0.327 e. The van der Waals surface area contributed by atoms with Gasteiger partial charge in [-0.25, -0.2) is 0 Å². The summed E-state index contributed by atoms with van der Waals surface area (Å²) in [4.78, 5) is 11.7. The molecule has 0 radical (unpaired) electrons. The Morgan fingerprint density at radius 1 is 1.59 bits per heavy atom. The Morgan fingerprint density at radius 3 is 2.88 bits per heavy atom. The molecule has 0 saturated heterocycles. The highest BCUT2D eigenvalue weighted by atomic mass is 35.5. The van der Waals surface area contributed by atoms with Crippen molar-refractivity contribution in [2.75, 3.05) is 5.32 Å². The number of aryl methyl sites for hydroxylation is 1. The number of benzene rings is 1. The van der Waals surface area contributed by atoms with Crippen LogP contribution in [0.3, 0.4) is 0 Å². The van der Waals surface area contributed by atoms with E-state index < -0.39 is 0 Å². The summed E-state index contributed by atoms with van der Waals surface area (Å²) in [5, 5.41) is 3.48. The number of halogens is 1. The van der Waals surface area contributed by atoms with Crippen LogP contribution in [0.15, 0.2) is 18.2 Å². The Hall–Kier alpha value is -1.06. The molecule has 1 aromatic rings. The fraction of sp³-hybridized carbons (Fsp3) is 0.462. The molecular formula is C13H17ClN2O. The number of amides is 1. The van der Waals surface area contributed by atoms with Crippen molar-refractivity contribution in [2.45, 2.75) is 32.2 Å². The van der Waals surface area contributed by atoms with Crippen LogP contribution in [0, 0.1) is 12.8 Å². The molecular weight excluding hydrogens is 236 g/mol. The van der Waals surface area contributed by atoms with E-state index in [1.54, 1.807) is 6.07 Å². The number of hydrogen-bond donors (Lipinski definition) is 2. The van der Waals surface area contributed by atoms with E-state index >= 15 is 0 Å². The Balaban J connectivity index is 1.90. The van der Waals surface area contributed by atoms with Crippen molar-refractivity contribution >= 4 is 23.2 Å². The first-order valence-electron chi connectivity index (χ1n) is 5.88. The second kappa shape index (κ2) is 5.07. The molecule has 1 atom stereocenters. The summed E-state index contributed by atoms with van der Waals surface area (Å²) < 4.78 is 0. The third-order valence-electron chi connectivity index (χ3n) is 3.10. The lowest BCUT2D eigenvalue weighted by atomic mass is 10.1. The van der Waals surface area contributed by atoms with Gasteiger partial charge in [-0.05, 0) is 43.4 Å². The fourth-order valence-electron chi connectivity index (χ4n) is 1.79. The number of hydrogen-bond acceptors (Lipinski definition) is 2. The first-order chi connectivity index (χ1) is 8.06. The van der Waals surface area contributed by atoms with Crippen molar-refractivity contribution in [3.63, 3.8) is 0 Å². The zero-order valence-corrected chi connectivity index (χ0v) is 10.6. The molecule has 3 N–H and O–H groups in total. The fourth-order valence-corrected chi connectivity index (χ4v) is 1.97. The van der Waals surface area contributed by atoms with Gasteiger partial charge in [-0.3, -0.25) is 4.79 Å². The number of anilines is 1. The first-order valence-corrected chi connectivity index (χ1v) is 6.25. The highest BCUT2D eigenvalue weighted by Gasteiger charge is 2.29. The van der Waals surface area contributed by atoms with Crippen LogP contribution in [0.1, 0.15) is 24.8 Å². The molecule has 1 amide bonds. The van der Waals surface area contributed by atoms with E-state index in [-0.39, 0.29) is 11.9 Å². The van der Waals surface area contributed by atoms with Crippen LogP contribution >= 0.6 is 11.6 Å². The minimum Gasteiger partial charge on any atom is -0.327 e. The van der Waals surface area contributed by atoms with Crippen LogP contribution in [0.25, 0.3) is 0 Å². The van der Waals surface area contributed by atoms with E-state index in [4.69, 9.17) is 17.3 Å². The maximum absolute atomic E-state index is 11.7. The van der Waals surface area contributed by atoms with Crippen molar-refractivity contribution in [3.05, 3.63) is 28.8 Å². The van der Waals surface area contributed by atoms with Crippen molar-refractivity contribution in [3.8, 4) is 0 Å². The van der Waals surface area contributed by atoms with E-state index in [2.05, 4.69) is 5.32 Å². The van der Waals surface area contributed by atoms with Gasteiger partial charge in [-0.2, -0.15) is 0 Å². The van der Waals surface area contributed by atoms with Gasteiger partial charge in [0.1, 0.15) is 0 Å². The lowest BCUT2D eigenvalue weighted by Crippen LogP contribution is -2.28. The van der Waals surface area contributed by atoms with E-state index in [0.29, 0.717) is 17.4 Å². The van der Waals surface area contributed by atoms with Crippen molar-refractivity contribution in [1.29, 1.82) is 0 Å². The Kier molecular flexibility index (Phi) is 3.69. The zero-order chi connectivity index (χ0) is 12.4. The molecule has 92 valence electrons. The maximum atomic E-state index is 11.7. The Morgan fingerprint density at radius 2 is 2.29 bits per heavy atom. The summed E-state index contributed by atoms with van der Waals surface area (Å²) in [6, 6.07) is 5.49. The van der Waals surface area contributed by atoms with Crippen molar-refractivity contribution < 1.29 is 4.79 Å². The van der Waals surface area contributed by atoms with Gasteiger partial charge in [0.25, 0.3) is 0 Å². The average molecular weight is 253 g/mol. The number of carbonyl (C=O) groups is 1. The van der Waals surface area contributed by atoms with Crippen molar-refractivity contribution in [2.24, 2.45) is 11.7 Å². The lowest BCUT2D eigenvalue weighted by molar-refractivity contribution is -0.116. The van der Waals surface area contributed by atoms with Crippen LogP contribution in [0.2, 0.25) is 5.02 Å². The van der Waals surface area contributed by atoms with Gasteiger partial charge < -0.3 is 11.1 Å². The van der Waals surface area contributed by atoms with Gasteiger partial charge in [0.05, 0.1) is 0 Å². The predicted octanol–water partition coefficient (Wildman–Crippen LogP) is 2.71. The smallest absolute Gasteiger partial charge is 0.225 e. The monoisotopic (exact) mass is 252 g/mol. The third kappa shape index (κ3) is 3.45. The molecule has 2 rings (SSSR count). The summed E-state index contributed by atoms with van der Waals surface area (Å²) in [5.74, 6) is 0.506. The maximum Gasteiger partial charge on any atom is 0.225 e. The van der Waals surface area contributed by atoms with Crippen LogP contribution in [0.4, 0.5) is 5.69 Å². The van der Waals surface area contributed by atoms with E-state index in [9.17, 15) is 4.79 Å². The van der Waals surface area contributed by atoms with Gasteiger partial charge in [0.2, 0.25) is 5.91 Å². The number of nitrogens with two attached hydrogens (primary N) is 1. The summed E-state index contributed by atoms with van der Waals surface area (Å²) in [6.45, 7) is 1.93. The van der Waals surface area contributed by atoms with Gasteiger partial charge in [0, 0.05) is 23.2 Å². The Bertz CT molecular complexity index is 429. The topological polar surface area (TPSA) is 55.1 Å². The molecule has 4 heteroatoms. The molecule has 17 heavy (non-hydrogen) atoms. The second-order valence-corrected chi connectivity index (χ2v) is 5.12. The second-order valence-electron chi connectivity index (χ2n) is 4.72. The van der Waals surface area contributed by atoms with E-state index in [0.717, 1.165) is 24.1 Å². The Labute approximate surface area is 106 Å². The normalized spacial score (nSPS) is 16.6. The third-order valence-corrected chi connectivity index (χ3v) is 3.51. The standard InChI is InChI=1S/C13H17ClN2O/c1-8-2-5-10(6-11(8)14)16-13(17)7-12(15)9-3-4-9/h2,5-6,9,12H,3-4,7,15H2,1H3,(H,16,17). The zero-order valence-electron chi connectivity index (χ0n) is 9.87. The molecule has 0 aromatic heterocycles. The lowest BCUT2D eigenvalue weighted by Gasteiger charge is -2.11. The van der Waals surface area contributed by atoms with Gasteiger partial charge in [-0.15, -0.1) is 0 Å². The molecule has 3 nitrogen and oxygen atoms in total. The summed E-state index contributed by atoms with van der Waals surface area (Å²) in [7, 11) is 0. The van der Waals surface area contributed by atoms with Gasteiger partial charge >= 0.3 is 0 Å². The molecule has 0 heterocycles. The van der Waals surface area contributed by atoms with Crippen LogP contribution in [0.5, 0.6) is 0 Å². The molecule has 1 aliphatic rings. The highest BCUT2D eigenvalue weighted by Crippen LogP contribution is 2.32. The molecule has 0 spiro atoms. The molecule has 0 bridgehead atoms. The van der Waals surface area contributed by atoms with Gasteiger partial charge in [-0.1, -0.05) is 17.7 Å². The van der Waals surface area contributed by atoms with Crippen molar-refractivity contribution in [1.82, 2.24) is 0 Å². The quantitative estimate of drug-likeness (QED) is 0.866. The summed E-state index contributed by atoms with van der Waals surface area (Å²) in [5.41, 5.74) is 7.63. The number of carbonyl (C=O) groups excluding carboxylic acids is 1. The summed E-state index contributed by atoms with van der Waals surface area (Å²) >= 11 is 5.99. The number of nitrogens with one attached hydrogen (secondary N) is 1. The van der Waals surface area contributed by atoms with Crippen LogP contribution < -0.4 is 11.1 Å². The molecule has 1 aliphatic carbocycles. The molecule has 1 unspecified atom stereocenters.